The Morgan fingerprint density at radius 3 is 3.04 bits per heavy atom. The molecule has 138 valence electrons. The van der Waals surface area contributed by atoms with Crippen molar-refractivity contribution in [1.82, 2.24) is 14.5 Å². The normalized spacial score (nSPS) is 19.4. The summed E-state index contributed by atoms with van der Waals surface area (Å²) < 4.78 is 17.5. The smallest absolute Gasteiger partial charge is 0.341 e. The molecule has 0 saturated carbocycles. The summed E-state index contributed by atoms with van der Waals surface area (Å²) in [5, 5.41) is 0. The first-order chi connectivity index (χ1) is 12.5. The van der Waals surface area contributed by atoms with E-state index in [0.717, 1.165) is 0 Å². The van der Waals surface area contributed by atoms with Crippen molar-refractivity contribution in [2.24, 2.45) is 0 Å². The van der Waals surface area contributed by atoms with Gasteiger partial charge in [-0.1, -0.05) is 0 Å². The molecule has 2 aromatic heterocycles. The van der Waals surface area contributed by atoms with Crippen LogP contribution in [-0.2, 0) is 14.2 Å². The molecule has 3 rings (SSSR count). The second kappa shape index (κ2) is 8.07. The number of hydrogen-bond donors (Lipinski definition) is 1. The van der Waals surface area contributed by atoms with Gasteiger partial charge in [0.15, 0.2) is 6.79 Å². The van der Waals surface area contributed by atoms with Crippen LogP contribution in [0.25, 0.3) is 0 Å². The number of aryl methyl sites for hydroxylation is 1. The van der Waals surface area contributed by atoms with Gasteiger partial charge in [0, 0.05) is 24.2 Å². The van der Waals surface area contributed by atoms with Crippen molar-refractivity contribution in [2.75, 3.05) is 13.4 Å². The van der Waals surface area contributed by atoms with Crippen LogP contribution in [0.15, 0.2) is 40.3 Å². The van der Waals surface area contributed by atoms with Crippen LogP contribution >= 0.6 is 0 Å². The average molecular weight is 361 g/mol. The molecule has 9 nitrogen and oxygen atoms in total. The SMILES string of the molecule is Cc1cn([C@H]2CC[C@@H](COCOC(=O)c3cccnc3)O2)c(=O)[nH]c1=O. The highest BCUT2D eigenvalue weighted by Crippen LogP contribution is 2.27. The Balaban J connectivity index is 1.45. The van der Waals surface area contributed by atoms with Crippen LogP contribution in [0.4, 0.5) is 0 Å². The first kappa shape index (κ1) is 18.0. The van der Waals surface area contributed by atoms with Crippen molar-refractivity contribution in [3.8, 4) is 0 Å². The van der Waals surface area contributed by atoms with Crippen molar-refractivity contribution in [2.45, 2.75) is 32.1 Å². The van der Waals surface area contributed by atoms with E-state index in [0.29, 0.717) is 24.0 Å². The highest BCUT2D eigenvalue weighted by Gasteiger charge is 2.27. The highest BCUT2D eigenvalue weighted by atomic mass is 16.7. The van der Waals surface area contributed by atoms with Crippen LogP contribution < -0.4 is 11.2 Å². The molecule has 2 atom stereocenters. The van der Waals surface area contributed by atoms with Crippen LogP contribution in [0.5, 0.6) is 0 Å². The number of hydrogen-bond acceptors (Lipinski definition) is 7. The lowest BCUT2D eigenvalue weighted by molar-refractivity contribution is -0.0829. The van der Waals surface area contributed by atoms with Crippen molar-refractivity contribution < 1.29 is 19.0 Å². The van der Waals surface area contributed by atoms with Gasteiger partial charge in [0.1, 0.15) is 6.23 Å². The molecule has 1 fully saturated rings. The number of nitrogens with zero attached hydrogens (tertiary/aromatic N) is 2. The van der Waals surface area contributed by atoms with E-state index in [1.54, 1.807) is 25.3 Å². The van der Waals surface area contributed by atoms with Gasteiger partial charge in [-0.25, -0.2) is 9.59 Å². The van der Waals surface area contributed by atoms with Crippen LogP contribution in [0.3, 0.4) is 0 Å². The van der Waals surface area contributed by atoms with Gasteiger partial charge >= 0.3 is 11.7 Å². The highest BCUT2D eigenvalue weighted by molar-refractivity contribution is 5.88. The molecule has 0 amide bonds. The Hall–Kier alpha value is -2.78. The molecule has 1 saturated heterocycles. The van der Waals surface area contributed by atoms with Gasteiger partial charge in [-0.15, -0.1) is 0 Å². The molecule has 0 unspecified atom stereocenters. The molecule has 0 aliphatic carbocycles. The number of nitrogens with one attached hydrogen (secondary N) is 1. The first-order valence-corrected chi connectivity index (χ1v) is 8.17. The Kier molecular flexibility index (Phi) is 5.59. The van der Waals surface area contributed by atoms with E-state index in [-0.39, 0.29) is 19.5 Å². The zero-order chi connectivity index (χ0) is 18.5. The number of ether oxygens (including phenoxy) is 3. The molecule has 3 heterocycles. The Bertz CT molecular complexity index is 876. The molecule has 1 aliphatic heterocycles. The van der Waals surface area contributed by atoms with Gasteiger partial charge in [-0.05, 0) is 31.9 Å². The number of aromatic nitrogens is 3. The standard InChI is InChI=1S/C17H19N3O6/c1-11-8-20(17(23)19-15(11)21)14-5-4-13(26-14)9-24-10-25-16(22)12-3-2-6-18-7-12/h2-3,6-8,13-14H,4-5,9-10H2,1H3,(H,19,21,23)/t13-,14+/m0/s1. The maximum atomic E-state index is 11.9. The predicted octanol–water partition coefficient (Wildman–Crippen LogP) is 0.749. The van der Waals surface area contributed by atoms with Crippen LogP contribution in [-0.4, -0.2) is 40.0 Å². The number of aromatic amines is 1. The number of carbonyl (C=O) groups is 1. The second-order valence-electron chi connectivity index (χ2n) is 5.93. The third-order valence-electron chi connectivity index (χ3n) is 4.02. The largest absolute Gasteiger partial charge is 0.435 e. The van der Waals surface area contributed by atoms with Gasteiger partial charge in [-0.3, -0.25) is 19.3 Å². The molecule has 0 aromatic carbocycles. The summed E-state index contributed by atoms with van der Waals surface area (Å²) >= 11 is 0. The number of esters is 1. The minimum absolute atomic E-state index is 0.198. The third kappa shape index (κ3) is 4.24. The van der Waals surface area contributed by atoms with Gasteiger partial charge < -0.3 is 14.2 Å². The second-order valence-corrected chi connectivity index (χ2v) is 5.93. The van der Waals surface area contributed by atoms with E-state index in [1.165, 1.54) is 17.0 Å². The fraction of sp³-hybridized carbons (Fsp3) is 0.412. The van der Waals surface area contributed by atoms with Crippen LogP contribution in [0.2, 0.25) is 0 Å². The molecular formula is C17H19N3O6. The molecule has 9 heteroatoms. The van der Waals surface area contributed by atoms with Gasteiger partial charge in [0.25, 0.3) is 5.56 Å². The van der Waals surface area contributed by atoms with Crippen LogP contribution in [0, 0.1) is 6.92 Å². The molecule has 0 radical (unpaired) electrons. The topological polar surface area (TPSA) is 113 Å². The van der Waals surface area contributed by atoms with E-state index in [1.807, 2.05) is 0 Å². The van der Waals surface area contributed by atoms with E-state index in [4.69, 9.17) is 14.2 Å². The van der Waals surface area contributed by atoms with Gasteiger partial charge in [-0.2, -0.15) is 0 Å². The lowest BCUT2D eigenvalue weighted by atomic mass is 10.2. The fourth-order valence-electron chi connectivity index (χ4n) is 2.66. The maximum Gasteiger partial charge on any atom is 0.341 e. The number of carbonyl (C=O) groups excluding carboxylic acids is 1. The summed E-state index contributed by atoms with van der Waals surface area (Å²) in [5.41, 5.74) is -0.117. The minimum Gasteiger partial charge on any atom is -0.435 e. The summed E-state index contributed by atoms with van der Waals surface area (Å²) in [6.45, 7) is 1.66. The molecular weight excluding hydrogens is 342 g/mol. The van der Waals surface area contributed by atoms with Crippen molar-refractivity contribution in [3.05, 3.63) is 62.7 Å². The number of pyridine rings is 1. The lowest BCUT2D eigenvalue weighted by Crippen LogP contribution is -2.33. The van der Waals surface area contributed by atoms with Gasteiger partial charge in [0.05, 0.1) is 18.3 Å². The monoisotopic (exact) mass is 361 g/mol. The predicted molar refractivity (Wildman–Crippen MR) is 89.7 cm³/mol. The van der Waals surface area contributed by atoms with E-state index in [9.17, 15) is 14.4 Å². The quantitative estimate of drug-likeness (QED) is 0.459. The maximum absolute atomic E-state index is 11.9. The fourth-order valence-corrected chi connectivity index (χ4v) is 2.66. The summed E-state index contributed by atoms with van der Waals surface area (Å²) in [7, 11) is 0. The summed E-state index contributed by atoms with van der Waals surface area (Å²) in [6.07, 6.45) is 5.10. The van der Waals surface area contributed by atoms with E-state index in [2.05, 4.69) is 9.97 Å². The third-order valence-corrected chi connectivity index (χ3v) is 4.02. The zero-order valence-electron chi connectivity index (χ0n) is 14.2. The molecule has 1 aliphatic rings. The average Bonchev–Trinajstić information content (AvgIpc) is 3.11. The molecule has 1 N–H and O–H groups in total. The molecule has 0 spiro atoms. The van der Waals surface area contributed by atoms with E-state index < -0.39 is 23.4 Å². The minimum atomic E-state index is -0.515. The van der Waals surface area contributed by atoms with Crippen molar-refractivity contribution in [3.63, 3.8) is 0 Å². The van der Waals surface area contributed by atoms with Crippen LogP contribution in [0.1, 0.15) is 35.0 Å². The van der Waals surface area contributed by atoms with E-state index >= 15 is 0 Å². The Labute approximate surface area is 148 Å². The molecule has 26 heavy (non-hydrogen) atoms. The number of H-pyrrole nitrogens is 1. The molecule has 2 aromatic rings. The number of rotatable bonds is 6. The van der Waals surface area contributed by atoms with Crippen molar-refractivity contribution >= 4 is 5.97 Å². The summed E-state index contributed by atoms with van der Waals surface area (Å²) in [6, 6.07) is 3.24. The van der Waals surface area contributed by atoms with Gasteiger partial charge in [0.2, 0.25) is 0 Å². The first-order valence-electron chi connectivity index (χ1n) is 8.17. The molecule has 0 bridgehead atoms. The van der Waals surface area contributed by atoms with Crippen molar-refractivity contribution in [1.29, 1.82) is 0 Å². The lowest BCUT2D eigenvalue weighted by Gasteiger charge is -2.16. The summed E-state index contributed by atoms with van der Waals surface area (Å²) in [5.74, 6) is -0.515. The Morgan fingerprint density at radius 1 is 1.42 bits per heavy atom. The summed E-state index contributed by atoms with van der Waals surface area (Å²) in [4.78, 5) is 41.2. The Morgan fingerprint density at radius 2 is 2.27 bits per heavy atom. The zero-order valence-corrected chi connectivity index (χ0v) is 14.2.